The fraction of sp³-hybridized carbons (Fsp3) is 0.632. The summed E-state index contributed by atoms with van der Waals surface area (Å²) in [5, 5.41) is 13.1. The maximum absolute atomic E-state index is 12.9. The van der Waals surface area contributed by atoms with Crippen LogP contribution in [-0.2, 0) is 6.54 Å². The van der Waals surface area contributed by atoms with Crippen LogP contribution in [0.5, 0.6) is 5.75 Å². The average Bonchev–Trinajstić information content (AvgIpc) is 2.61. The summed E-state index contributed by atoms with van der Waals surface area (Å²) in [7, 11) is 0. The predicted octanol–water partition coefficient (Wildman–Crippen LogP) is 3.66. The van der Waals surface area contributed by atoms with Gasteiger partial charge < -0.3 is 15.3 Å². The van der Waals surface area contributed by atoms with Crippen LogP contribution in [0.3, 0.4) is 0 Å². The predicted molar refractivity (Wildman–Crippen MR) is 116 cm³/mol. The minimum atomic E-state index is -4.20. The van der Waals surface area contributed by atoms with Gasteiger partial charge in [0.2, 0.25) is 0 Å². The van der Waals surface area contributed by atoms with E-state index in [9.17, 15) is 18.3 Å². The van der Waals surface area contributed by atoms with Gasteiger partial charge in [-0.15, -0.1) is 24.0 Å². The van der Waals surface area contributed by atoms with Gasteiger partial charge in [0.15, 0.2) is 5.96 Å². The number of nitrogens with zero attached hydrogens (tertiary/aromatic N) is 3. The Kier molecular flexibility index (Phi) is 9.32. The Morgan fingerprint density at radius 1 is 1.18 bits per heavy atom. The first-order valence-electron chi connectivity index (χ1n) is 9.26. The van der Waals surface area contributed by atoms with Gasteiger partial charge in [-0.25, -0.2) is 4.99 Å². The number of phenolic OH excluding ortho intramolecular Hbond substituents is 1. The Hall–Kier alpha value is -1.23. The van der Waals surface area contributed by atoms with Crippen molar-refractivity contribution in [3.8, 4) is 5.75 Å². The topological polar surface area (TPSA) is 51.1 Å². The molecule has 2 N–H and O–H groups in total. The minimum Gasteiger partial charge on any atom is -0.507 e. The quantitative estimate of drug-likeness (QED) is 0.366. The second kappa shape index (κ2) is 10.5. The first-order chi connectivity index (χ1) is 12.6. The molecular formula is C19H30F3IN4O. The summed E-state index contributed by atoms with van der Waals surface area (Å²) >= 11 is 0. The molecule has 0 spiro atoms. The third-order valence-electron chi connectivity index (χ3n) is 4.93. The van der Waals surface area contributed by atoms with Crippen molar-refractivity contribution in [2.75, 3.05) is 32.7 Å². The molecule has 0 radical (unpaired) electrons. The molecule has 0 aromatic heterocycles. The van der Waals surface area contributed by atoms with Crippen molar-refractivity contribution >= 4 is 29.9 Å². The van der Waals surface area contributed by atoms with Crippen molar-refractivity contribution in [2.45, 2.75) is 46.5 Å². The largest absolute Gasteiger partial charge is 0.507 e. The summed E-state index contributed by atoms with van der Waals surface area (Å²) in [5.41, 5.74) is 2.60. The SMILES string of the molecule is CCNC(=NCc1cc(C)c(O)c(C)c1)N1CCN(C(C)C(F)(F)F)CC1.I. The summed E-state index contributed by atoms with van der Waals surface area (Å²) in [5.74, 6) is 1.00. The van der Waals surface area contributed by atoms with E-state index in [-0.39, 0.29) is 24.0 Å². The molecule has 0 saturated carbocycles. The number of alkyl halides is 3. The molecule has 0 amide bonds. The molecule has 1 heterocycles. The number of guanidine groups is 1. The number of nitrogens with one attached hydrogen (secondary N) is 1. The number of halogens is 4. The number of phenols is 1. The van der Waals surface area contributed by atoms with Crippen LogP contribution in [0.4, 0.5) is 13.2 Å². The lowest BCUT2D eigenvalue weighted by atomic mass is 10.1. The van der Waals surface area contributed by atoms with E-state index < -0.39 is 12.2 Å². The molecule has 1 aromatic rings. The molecule has 5 nitrogen and oxygen atoms in total. The maximum atomic E-state index is 12.9. The molecule has 1 aliphatic rings. The van der Waals surface area contributed by atoms with E-state index >= 15 is 0 Å². The molecule has 28 heavy (non-hydrogen) atoms. The van der Waals surface area contributed by atoms with Crippen molar-refractivity contribution < 1.29 is 18.3 Å². The van der Waals surface area contributed by atoms with Crippen LogP contribution in [-0.4, -0.2) is 65.8 Å². The van der Waals surface area contributed by atoms with Gasteiger partial charge in [0.1, 0.15) is 11.8 Å². The van der Waals surface area contributed by atoms with Crippen molar-refractivity contribution in [1.29, 1.82) is 0 Å². The average molecular weight is 514 g/mol. The molecule has 1 fully saturated rings. The highest BCUT2D eigenvalue weighted by Gasteiger charge is 2.41. The zero-order chi connectivity index (χ0) is 20.2. The molecule has 1 aliphatic heterocycles. The number of hydrogen-bond acceptors (Lipinski definition) is 3. The maximum Gasteiger partial charge on any atom is 0.403 e. The van der Waals surface area contributed by atoms with E-state index in [0.717, 1.165) is 16.7 Å². The second-order valence-electron chi connectivity index (χ2n) is 6.99. The highest BCUT2D eigenvalue weighted by atomic mass is 127. The minimum absolute atomic E-state index is 0. The molecule has 9 heteroatoms. The van der Waals surface area contributed by atoms with Gasteiger partial charge in [-0.1, -0.05) is 12.1 Å². The zero-order valence-corrected chi connectivity index (χ0v) is 19.1. The Morgan fingerprint density at radius 3 is 2.18 bits per heavy atom. The van der Waals surface area contributed by atoms with Gasteiger partial charge in [0.25, 0.3) is 0 Å². The summed E-state index contributed by atoms with van der Waals surface area (Å²) < 4.78 is 38.7. The Bertz CT molecular complexity index is 651. The lowest BCUT2D eigenvalue weighted by Crippen LogP contribution is -2.56. The van der Waals surface area contributed by atoms with Gasteiger partial charge >= 0.3 is 6.18 Å². The highest BCUT2D eigenvalue weighted by molar-refractivity contribution is 14.0. The summed E-state index contributed by atoms with van der Waals surface area (Å²) in [6, 6.07) is 2.37. The fourth-order valence-electron chi connectivity index (χ4n) is 3.26. The summed E-state index contributed by atoms with van der Waals surface area (Å²) in [4.78, 5) is 8.12. The monoisotopic (exact) mass is 514 g/mol. The van der Waals surface area contributed by atoms with Crippen molar-refractivity contribution in [3.63, 3.8) is 0 Å². The van der Waals surface area contributed by atoms with Gasteiger partial charge in [-0.05, 0) is 44.4 Å². The first-order valence-corrected chi connectivity index (χ1v) is 9.26. The molecule has 1 aromatic carbocycles. The molecule has 160 valence electrons. The summed E-state index contributed by atoms with van der Waals surface area (Å²) in [6.45, 7) is 9.71. The van der Waals surface area contributed by atoms with E-state index in [1.165, 1.54) is 11.8 Å². The van der Waals surface area contributed by atoms with Crippen LogP contribution >= 0.6 is 24.0 Å². The normalized spacial score (nSPS) is 17.2. The number of aryl methyl sites for hydroxylation is 2. The Labute approximate surface area is 182 Å². The van der Waals surface area contributed by atoms with Gasteiger partial charge in [-0.2, -0.15) is 13.2 Å². The van der Waals surface area contributed by atoms with E-state index in [0.29, 0.717) is 51.0 Å². The molecular weight excluding hydrogens is 484 g/mol. The van der Waals surface area contributed by atoms with E-state index in [4.69, 9.17) is 0 Å². The molecule has 0 bridgehead atoms. The number of benzene rings is 1. The van der Waals surface area contributed by atoms with Gasteiger partial charge in [0, 0.05) is 32.7 Å². The van der Waals surface area contributed by atoms with E-state index in [2.05, 4.69) is 10.3 Å². The van der Waals surface area contributed by atoms with Crippen LogP contribution in [0.15, 0.2) is 17.1 Å². The first kappa shape index (κ1) is 24.8. The molecule has 1 unspecified atom stereocenters. The van der Waals surface area contributed by atoms with Crippen molar-refractivity contribution in [3.05, 3.63) is 28.8 Å². The Morgan fingerprint density at radius 2 is 1.71 bits per heavy atom. The smallest absolute Gasteiger partial charge is 0.403 e. The molecule has 0 aliphatic carbocycles. The number of aromatic hydroxyl groups is 1. The zero-order valence-electron chi connectivity index (χ0n) is 16.8. The van der Waals surface area contributed by atoms with Crippen LogP contribution < -0.4 is 5.32 Å². The van der Waals surface area contributed by atoms with Crippen LogP contribution in [0, 0.1) is 13.8 Å². The second-order valence-corrected chi connectivity index (χ2v) is 6.99. The number of piperazine rings is 1. The summed E-state index contributed by atoms with van der Waals surface area (Å²) in [6.07, 6.45) is -4.20. The van der Waals surface area contributed by atoms with Crippen LogP contribution in [0.25, 0.3) is 0 Å². The standard InChI is InChI=1S/C19H29F3N4O.HI/c1-5-23-18(24-12-16-10-13(2)17(27)14(3)11-16)26-8-6-25(7-9-26)15(4)19(20,21)22;/h10-11,15,27H,5-9,12H2,1-4H3,(H,23,24);1H. The van der Waals surface area contributed by atoms with Crippen molar-refractivity contribution in [1.82, 2.24) is 15.1 Å². The van der Waals surface area contributed by atoms with Gasteiger partial charge in [-0.3, -0.25) is 4.90 Å². The van der Waals surface area contributed by atoms with Gasteiger partial charge in [0.05, 0.1) is 6.54 Å². The van der Waals surface area contributed by atoms with E-state index in [1.807, 2.05) is 37.8 Å². The molecule has 1 saturated heterocycles. The van der Waals surface area contributed by atoms with Crippen LogP contribution in [0.1, 0.15) is 30.5 Å². The number of aliphatic imine (C=N–C) groups is 1. The molecule has 1 atom stereocenters. The third kappa shape index (κ3) is 6.40. The fourth-order valence-corrected chi connectivity index (χ4v) is 3.26. The highest BCUT2D eigenvalue weighted by Crippen LogP contribution is 2.25. The molecule has 2 rings (SSSR count). The van der Waals surface area contributed by atoms with Crippen LogP contribution in [0.2, 0.25) is 0 Å². The van der Waals surface area contributed by atoms with Crippen molar-refractivity contribution in [2.24, 2.45) is 4.99 Å². The third-order valence-corrected chi connectivity index (χ3v) is 4.93. The lowest BCUT2D eigenvalue weighted by molar-refractivity contribution is -0.181. The lowest BCUT2D eigenvalue weighted by Gasteiger charge is -2.39. The number of rotatable bonds is 4. The van der Waals surface area contributed by atoms with E-state index in [1.54, 1.807) is 0 Å². The number of hydrogen-bond donors (Lipinski definition) is 2. The Balaban J connectivity index is 0.00000392.